The number of carbonyl (C=O) groups is 1. The fourth-order valence-corrected chi connectivity index (χ4v) is 3.13. The van der Waals surface area contributed by atoms with Crippen LogP contribution in [-0.2, 0) is 11.3 Å². The Balaban J connectivity index is 2.03. The van der Waals surface area contributed by atoms with E-state index in [4.69, 9.17) is 4.74 Å². The SMILES string of the molecule is CC[n+]1ccn(C(=O)O[C@@H]2C[C@H](C)CC[C@H]2C(C)C)c1. The molecule has 1 aromatic rings. The van der Waals surface area contributed by atoms with Gasteiger partial charge in [-0.1, -0.05) is 27.2 Å². The van der Waals surface area contributed by atoms with Gasteiger partial charge in [-0.2, -0.15) is 4.79 Å². The number of nitrogens with zero attached hydrogens (tertiary/aromatic N) is 2. The summed E-state index contributed by atoms with van der Waals surface area (Å²) in [4.78, 5) is 12.2. The molecule has 0 amide bonds. The van der Waals surface area contributed by atoms with Crippen LogP contribution in [0.4, 0.5) is 4.79 Å². The molecule has 1 heterocycles. The van der Waals surface area contributed by atoms with Crippen LogP contribution in [-0.4, -0.2) is 16.8 Å². The maximum Gasteiger partial charge on any atom is 0.511 e. The molecule has 112 valence electrons. The summed E-state index contributed by atoms with van der Waals surface area (Å²) in [5.74, 6) is 1.70. The average Bonchev–Trinajstić information content (AvgIpc) is 2.87. The summed E-state index contributed by atoms with van der Waals surface area (Å²) < 4.78 is 9.30. The molecule has 0 unspecified atom stereocenters. The van der Waals surface area contributed by atoms with E-state index < -0.39 is 0 Å². The second kappa shape index (κ2) is 6.42. The van der Waals surface area contributed by atoms with Gasteiger partial charge in [-0.15, -0.1) is 4.57 Å². The van der Waals surface area contributed by atoms with E-state index >= 15 is 0 Å². The minimum absolute atomic E-state index is 0.0590. The molecule has 1 aliphatic carbocycles. The van der Waals surface area contributed by atoms with Crippen molar-refractivity contribution in [2.45, 2.75) is 59.6 Å². The van der Waals surface area contributed by atoms with E-state index in [1.54, 1.807) is 17.1 Å². The predicted octanol–water partition coefficient (Wildman–Crippen LogP) is 3.24. The van der Waals surface area contributed by atoms with Crippen molar-refractivity contribution in [2.24, 2.45) is 17.8 Å². The highest BCUT2D eigenvalue weighted by atomic mass is 16.6. The lowest BCUT2D eigenvalue weighted by molar-refractivity contribution is -0.692. The first-order chi connectivity index (χ1) is 9.51. The molecule has 1 fully saturated rings. The number of rotatable bonds is 3. The van der Waals surface area contributed by atoms with Gasteiger partial charge < -0.3 is 4.74 Å². The van der Waals surface area contributed by atoms with Gasteiger partial charge in [0.2, 0.25) is 0 Å². The van der Waals surface area contributed by atoms with Crippen molar-refractivity contribution < 1.29 is 14.1 Å². The summed E-state index contributed by atoms with van der Waals surface area (Å²) in [6.07, 6.45) is 8.66. The van der Waals surface area contributed by atoms with E-state index in [-0.39, 0.29) is 12.2 Å². The van der Waals surface area contributed by atoms with Crippen molar-refractivity contribution in [3.8, 4) is 0 Å². The number of hydrogen-bond donors (Lipinski definition) is 0. The minimum Gasteiger partial charge on any atom is -0.427 e. The van der Waals surface area contributed by atoms with Crippen LogP contribution in [0.3, 0.4) is 0 Å². The zero-order valence-corrected chi connectivity index (χ0v) is 13.1. The van der Waals surface area contributed by atoms with Gasteiger partial charge in [0.05, 0.1) is 6.54 Å². The lowest BCUT2D eigenvalue weighted by Gasteiger charge is -2.35. The molecule has 0 spiro atoms. The van der Waals surface area contributed by atoms with Gasteiger partial charge >= 0.3 is 6.09 Å². The van der Waals surface area contributed by atoms with Gasteiger partial charge in [-0.3, -0.25) is 0 Å². The maximum atomic E-state index is 12.2. The van der Waals surface area contributed by atoms with Crippen molar-refractivity contribution in [1.29, 1.82) is 0 Å². The van der Waals surface area contributed by atoms with E-state index in [2.05, 4.69) is 20.8 Å². The zero-order chi connectivity index (χ0) is 14.7. The van der Waals surface area contributed by atoms with Crippen molar-refractivity contribution >= 4 is 6.09 Å². The highest BCUT2D eigenvalue weighted by Gasteiger charge is 2.34. The third-order valence-corrected chi connectivity index (χ3v) is 4.48. The Morgan fingerprint density at radius 1 is 1.45 bits per heavy atom. The first kappa shape index (κ1) is 15.1. The van der Waals surface area contributed by atoms with Crippen LogP contribution in [0.15, 0.2) is 18.7 Å². The second-order valence-corrected chi connectivity index (χ2v) is 6.40. The molecule has 3 atom stereocenters. The van der Waals surface area contributed by atoms with Crippen LogP contribution in [0.5, 0.6) is 0 Å². The van der Waals surface area contributed by atoms with E-state index in [0.29, 0.717) is 17.8 Å². The number of hydrogen-bond acceptors (Lipinski definition) is 2. The monoisotopic (exact) mass is 279 g/mol. The standard InChI is InChI=1S/C16H27N2O2/c1-5-17-8-9-18(11-17)16(19)20-15-10-13(4)6-7-14(15)12(2)3/h8-9,11-15H,5-7,10H2,1-4H3/q+1/t13-,14+,15-/m1/s1. The number of carbonyl (C=O) groups excluding carboxylic acids is 1. The number of ether oxygens (including phenoxy) is 1. The van der Waals surface area contributed by atoms with Crippen molar-refractivity contribution in [3.05, 3.63) is 18.7 Å². The largest absolute Gasteiger partial charge is 0.511 e. The first-order valence-electron chi connectivity index (χ1n) is 7.79. The van der Waals surface area contributed by atoms with Crippen molar-refractivity contribution in [2.75, 3.05) is 0 Å². The summed E-state index contributed by atoms with van der Waals surface area (Å²) in [6.45, 7) is 9.60. The fourth-order valence-electron chi connectivity index (χ4n) is 3.13. The van der Waals surface area contributed by atoms with Gasteiger partial charge in [-0.05, 0) is 37.5 Å². The van der Waals surface area contributed by atoms with Gasteiger partial charge in [0.25, 0.3) is 6.33 Å². The molecule has 0 N–H and O–H groups in total. The van der Waals surface area contributed by atoms with Gasteiger partial charge in [-0.25, -0.2) is 4.57 Å². The Hall–Kier alpha value is -1.32. The number of aryl methyl sites for hydroxylation is 1. The van der Waals surface area contributed by atoms with E-state index in [9.17, 15) is 4.79 Å². The molecule has 4 nitrogen and oxygen atoms in total. The van der Waals surface area contributed by atoms with Crippen LogP contribution in [0, 0.1) is 17.8 Å². The van der Waals surface area contributed by atoms with Gasteiger partial charge in [0, 0.05) is 0 Å². The number of imidazole rings is 1. The second-order valence-electron chi connectivity index (χ2n) is 6.40. The minimum atomic E-state index is -0.248. The van der Waals surface area contributed by atoms with Gasteiger partial charge in [0.1, 0.15) is 18.5 Å². The molecular formula is C16H27N2O2+. The summed E-state index contributed by atoms with van der Waals surface area (Å²) in [5.41, 5.74) is 0. The van der Waals surface area contributed by atoms with E-state index in [0.717, 1.165) is 19.4 Å². The number of aromatic nitrogens is 2. The van der Waals surface area contributed by atoms with Crippen LogP contribution in [0.25, 0.3) is 0 Å². The molecule has 0 aromatic carbocycles. The zero-order valence-electron chi connectivity index (χ0n) is 13.1. The molecule has 4 heteroatoms. The normalized spacial score (nSPS) is 26.8. The van der Waals surface area contributed by atoms with Crippen molar-refractivity contribution in [1.82, 2.24) is 4.57 Å². The quantitative estimate of drug-likeness (QED) is 0.796. The average molecular weight is 279 g/mol. The Kier molecular flexibility index (Phi) is 4.84. The van der Waals surface area contributed by atoms with E-state index in [1.807, 2.05) is 17.7 Å². The van der Waals surface area contributed by atoms with Crippen LogP contribution < -0.4 is 4.57 Å². The molecule has 1 saturated carbocycles. The van der Waals surface area contributed by atoms with Crippen LogP contribution in [0.1, 0.15) is 47.0 Å². The van der Waals surface area contributed by atoms with Crippen molar-refractivity contribution in [3.63, 3.8) is 0 Å². The lowest BCUT2D eigenvalue weighted by Crippen LogP contribution is -2.37. The molecule has 0 radical (unpaired) electrons. The highest BCUT2D eigenvalue weighted by Crippen LogP contribution is 2.35. The van der Waals surface area contributed by atoms with Crippen LogP contribution >= 0.6 is 0 Å². The smallest absolute Gasteiger partial charge is 0.427 e. The Morgan fingerprint density at radius 2 is 2.20 bits per heavy atom. The topological polar surface area (TPSA) is 35.1 Å². The lowest BCUT2D eigenvalue weighted by atomic mass is 9.75. The summed E-state index contributed by atoms with van der Waals surface area (Å²) >= 11 is 0. The third-order valence-electron chi connectivity index (χ3n) is 4.48. The molecule has 20 heavy (non-hydrogen) atoms. The molecule has 1 aromatic heterocycles. The molecule has 0 aliphatic heterocycles. The maximum absolute atomic E-state index is 12.2. The Bertz CT molecular complexity index is 453. The third kappa shape index (κ3) is 3.41. The molecule has 0 bridgehead atoms. The summed E-state index contributed by atoms with van der Waals surface area (Å²) in [5, 5.41) is 0. The van der Waals surface area contributed by atoms with E-state index in [1.165, 1.54) is 6.42 Å². The van der Waals surface area contributed by atoms with Crippen LogP contribution in [0.2, 0.25) is 0 Å². The molecule has 0 saturated heterocycles. The summed E-state index contributed by atoms with van der Waals surface area (Å²) in [6, 6.07) is 0. The fraction of sp³-hybridized carbons (Fsp3) is 0.750. The molecule has 2 rings (SSSR count). The predicted molar refractivity (Wildman–Crippen MR) is 77.3 cm³/mol. The van der Waals surface area contributed by atoms with Gasteiger partial charge in [0.15, 0.2) is 0 Å². The Morgan fingerprint density at radius 3 is 2.80 bits per heavy atom. The molecular weight excluding hydrogens is 252 g/mol. The summed E-state index contributed by atoms with van der Waals surface area (Å²) in [7, 11) is 0. The molecule has 1 aliphatic rings. The Labute approximate surface area is 121 Å². The highest BCUT2D eigenvalue weighted by molar-refractivity contribution is 5.70. The first-order valence-corrected chi connectivity index (χ1v) is 7.79.